The number of nitrogens with zero attached hydrogens (tertiary/aromatic N) is 3. The van der Waals surface area contributed by atoms with Crippen LogP contribution in [0.15, 0.2) is 60.6 Å². The fourth-order valence-corrected chi connectivity index (χ4v) is 4.08. The highest BCUT2D eigenvalue weighted by atomic mass is 16.3. The van der Waals surface area contributed by atoms with Gasteiger partial charge in [-0.3, -0.25) is 4.68 Å². The zero-order valence-corrected chi connectivity index (χ0v) is 17.3. The van der Waals surface area contributed by atoms with E-state index in [4.69, 9.17) is 11.6 Å². The van der Waals surface area contributed by atoms with Gasteiger partial charge in [-0.2, -0.15) is 5.10 Å². The van der Waals surface area contributed by atoms with Crippen LogP contribution in [0.3, 0.4) is 0 Å². The van der Waals surface area contributed by atoms with E-state index in [1.807, 2.05) is 50.6 Å². The number of nitrogens with one attached hydrogen (secondary N) is 1. The van der Waals surface area contributed by atoms with E-state index in [9.17, 15) is 5.11 Å². The van der Waals surface area contributed by atoms with Gasteiger partial charge < -0.3 is 21.2 Å². The fraction of sp³-hybridized carbons (Fsp3) is 0.261. The van der Waals surface area contributed by atoms with Gasteiger partial charge in [-0.05, 0) is 36.6 Å². The van der Waals surface area contributed by atoms with E-state index in [1.54, 1.807) is 9.69 Å². The maximum atomic E-state index is 9.75. The minimum atomic E-state index is -0.0193. The number of aryl methyl sites for hydroxylation is 1. The average molecular weight is 405 g/mol. The molecule has 6 N–H and O–H groups in total. The van der Waals surface area contributed by atoms with Gasteiger partial charge in [0.25, 0.3) is 0 Å². The molecule has 0 spiro atoms. The van der Waals surface area contributed by atoms with Gasteiger partial charge >= 0.3 is 0 Å². The normalized spacial score (nSPS) is 18.0. The van der Waals surface area contributed by atoms with Gasteiger partial charge in [-0.1, -0.05) is 30.3 Å². The standard InChI is InChI=1S/C23H28N6O/c1-15(24)23-19-8-7-16(18-12-26-28(2)13-18)11-20(19)22(9-10-29(23)25)27-21-6-4-3-5-17(21)14-30/h3-8,11-13,22,27,30H,9-10,14,24-25H2,1-2H3/b23-15-. The number of nitrogens with two attached hydrogens (primary N) is 2. The van der Waals surface area contributed by atoms with Crippen LogP contribution in [0.25, 0.3) is 16.8 Å². The van der Waals surface area contributed by atoms with Crippen molar-refractivity contribution in [3.05, 3.63) is 77.2 Å². The van der Waals surface area contributed by atoms with E-state index in [0.29, 0.717) is 12.2 Å². The van der Waals surface area contributed by atoms with Gasteiger partial charge in [-0.25, -0.2) is 5.84 Å². The summed E-state index contributed by atoms with van der Waals surface area (Å²) in [6.45, 7) is 2.51. The molecule has 1 aliphatic rings. The Morgan fingerprint density at radius 3 is 2.73 bits per heavy atom. The van der Waals surface area contributed by atoms with Crippen molar-refractivity contribution in [2.45, 2.75) is 26.0 Å². The van der Waals surface area contributed by atoms with Gasteiger partial charge in [-0.15, -0.1) is 0 Å². The van der Waals surface area contributed by atoms with Gasteiger partial charge in [0.15, 0.2) is 0 Å². The predicted octanol–water partition coefficient (Wildman–Crippen LogP) is 2.96. The minimum Gasteiger partial charge on any atom is -0.401 e. The summed E-state index contributed by atoms with van der Waals surface area (Å²) in [6.07, 6.45) is 4.65. The lowest BCUT2D eigenvalue weighted by Crippen LogP contribution is -2.31. The van der Waals surface area contributed by atoms with Crippen LogP contribution in [0.5, 0.6) is 0 Å². The molecule has 1 atom stereocenters. The highest BCUT2D eigenvalue weighted by Crippen LogP contribution is 2.37. The zero-order chi connectivity index (χ0) is 21.3. The number of fused-ring (bicyclic) bond motifs is 1. The van der Waals surface area contributed by atoms with E-state index in [2.05, 4.69) is 28.6 Å². The van der Waals surface area contributed by atoms with Crippen molar-refractivity contribution in [2.24, 2.45) is 18.6 Å². The molecule has 0 saturated heterocycles. The van der Waals surface area contributed by atoms with Crippen LogP contribution in [-0.4, -0.2) is 26.4 Å². The summed E-state index contributed by atoms with van der Waals surface area (Å²) < 4.78 is 1.80. The number of aliphatic hydroxyl groups excluding tert-OH is 1. The summed E-state index contributed by atoms with van der Waals surface area (Å²) in [5.41, 5.74) is 13.8. The van der Waals surface area contributed by atoms with Crippen LogP contribution in [-0.2, 0) is 13.7 Å². The monoisotopic (exact) mass is 404 g/mol. The third-order valence-corrected chi connectivity index (χ3v) is 5.56. The van der Waals surface area contributed by atoms with E-state index in [0.717, 1.165) is 45.6 Å². The molecule has 3 aromatic rings. The highest BCUT2D eigenvalue weighted by molar-refractivity contribution is 5.75. The quantitative estimate of drug-likeness (QED) is 0.498. The molecule has 0 amide bonds. The average Bonchev–Trinajstić information content (AvgIpc) is 3.12. The second-order valence-electron chi connectivity index (χ2n) is 7.73. The zero-order valence-electron chi connectivity index (χ0n) is 17.3. The summed E-state index contributed by atoms with van der Waals surface area (Å²) in [5.74, 6) is 6.37. The van der Waals surface area contributed by atoms with Crippen molar-refractivity contribution < 1.29 is 5.11 Å². The van der Waals surface area contributed by atoms with Crippen molar-refractivity contribution in [3.63, 3.8) is 0 Å². The third kappa shape index (κ3) is 3.77. The molecule has 156 valence electrons. The maximum Gasteiger partial charge on any atom is 0.0777 e. The van der Waals surface area contributed by atoms with E-state index >= 15 is 0 Å². The summed E-state index contributed by atoms with van der Waals surface area (Å²) in [5, 5.41) is 19.4. The first kappa shape index (κ1) is 20.0. The number of hydrogen-bond acceptors (Lipinski definition) is 6. The van der Waals surface area contributed by atoms with Crippen molar-refractivity contribution in [2.75, 3.05) is 11.9 Å². The van der Waals surface area contributed by atoms with Gasteiger partial charge in [0.05, 0.1) is 24.5 Å². The van der Waals surface area contributed by atoms with Gasteiger partial charge in [0.1, 0.15) is 0 Å². The first-order chi connectivity index (χ1) is 14.5. The lowest BCUT2D eigenvalue weighted by molar-refractivity contribution is 0.282. The Kier molecular flexibility index (Phi) is 5.48. The van der Waals surface area contributed by atoms with Crippen LogP contribution >= 0.6 is 0 Å². The molecule has 0 aliphatic carbocycles. The molecule has 2 heterocycles. The lowest BCUT2D eigenvalue weighted by Gasteiger charge is -2.23. The number of rotatable bonds is 4. The SMILES string of the molecule is C/C(N)=C1\c2ccc(-c3cnn(C)c3)cc2C(Nc2ccccc2CO)CCN1N. The van der Waals surface area contributed by atoms with Gasteiger partial charge in [0.2, 0.25) is 0 Å². The Labute approximate surface area is 176 Å². The molecular formula is C23H28N6O. The highest BCUT2D eigenvalue weighted by Gasteiger charge is 2.26. The molecule has 30 heavy (non-hydrogen) atoms. The topological polar surface area (TPSA) is 105 Å². The number of allylic oxidation sites excluding steroid dienone is 1. The Morgan fingerprint density at radius 1 is 1.23 bits per heavy atom. The summed E-state index contributed by atoms with van der Waals surface area (Å²) in [6, 6.07) is 14.2. The fourth-order valence-electron chi connectivity index (χ4n) is 4.08. The number of anilines is 1. The summed E-state index contributed by atoms with van der Waals surface area (Å²) in [7, 11) is 1.91. The molecule has 0 radical (unpaired) electrons. The first-order valence-electron chi connectivity index (χ1n) is 10.0. The largest absolute Gasteiger partial charge is 0.401 e. The minimum absolute atomic E-state index is 0.00669. The molecule has 0 saturated carbocycles. The van der Waals surface area contributed by atoms with Gasteiger partial charge in [0, 0.05) is 47.9 Å². The van der Waals surface area contributed by atoms with Crippen LogP contribution < -0.4 is 16.9 Å². The first-order valence-corrected chi connectivity index (χ1v) is 10.0. The van der Waals surface area contributed by atoms with Crippen LogP contribution in [0.1, 0.15) is 36.1 Å². The number of hydrazine groups is 1. The predicted molar refractivity (Wildman–Crippen MR) is 120 cm³/mol. The van der Waals surface area contributed by atoms with E-state index < -0.39 is 0 Å². The van der Waals surface area contributed by atoms with E-state index in [1.165, 1.54) is 0 Å². The Bertz CT molecular complexity index is 1080. The van der Waals surface area contributed by atoms with Crippen molar-refractivity contribution in [1.82, 2.24) is 14.8 Å². The lowest BCUT2D eigenvalue weighted by atomic mass is 9.93. The number of hydrogen-bond donors (Lipinski definition) is 4. The number of para-hydroxylation sites is 1. The molecule has 1 aromatic heterocycles. The number of aliphatic hydroxyl groups is 1. The van der Waals surface area contributed by atoms with Crippen LogP contribution in [0.4, 0.5) is 5.69 Å². The smallest absolute Gasteiger partial charge is 0.0777 e. The Balaban J connectivity index is 1.84. The summed E-state index contributed by atoms with van der Waals surface area (Å²) in [4.78, 5) is 0. The summed E-state index contributed by atoms with van der Waals surface area (Å²) >= 11 is 0. The molecule has 7 nitrogen and oxygen atoms in total. The van der Waals surface area contributed by atoms with Crippen LogP contribution in [0, 0.1) is 0 Å². The molecule has 1 aliphatic heterocycles. The molecule has 1 unspecified atom stereocenters. The second kappa shape index (κ2) is 8.22. The Morgan fingerprint density at radius 2 is 2.03 bits per heavy atom. The van der Waals surface area contributed by atoms with Crippen LogP contribution in [0.2, 0.25) is 0 Å². The maximum absolute atomic E-state index is 9.75. The second-order valence-corrected chi connectivity index (χ2v) is 7.73. The molecule has 0 bridgehead atoms. The Hall–Kier alpha value is -3.29. The molecule has 4 rings (SSSR count). The van der Waals surface area contributed by atoms with E-state index in [-0.39, 0.29) is 12.6 Å². The molecule has 2 aromatic carbocycles. The third-order valence-electron chi connectivity index (χ3n) is 5.56. The van der Waals surface area contributed by atoms with Crippen molar-refractivity contribution >= 4 is 11.4 Å². The number of benzene rings is 2. The van der Waals surface area contributed by atoms with Crippen molar-refractivity contribution in [3.8, 4) is 11.1 Å². The molecule has 0 fully saturated rings. The molecular weight excluding hydrogens is 376 g/mol. The van der Waals surface area contributed by atoms with Crippen molar-refractivity contribution in [1.29, 1.82) is 0 Å². The molecule has 7 heteroatoms. The number of aromatic nitrogens is 2.